The fraction of sp³-hybridized carbons (Fsp3) is 0.500. The molecule has 1 aliphatic rings. The van der Waals surface area contributed by atoms with E-state index in [0.717, 1.165) is 12.8 Å². The van der Waals surface area contributed by atoms with Crippen molar-refractivity contribution in [1.29, 1.82) is 0 Å². The summed E-state index contributed by atoms with van der Waals surface area (Å²) in [5.41, 5.74) is -0.0194. The van der Waals surface area contributed by atoms with Crippen molar-refractivity contribution in [3.8, 4) is 0 Å². The first kappa shape index (κ1) is 15.2. The summed E-state index contributed by atoms with van der Waals surface area (Å²) >= 11 is 0. The van der Waals surface area contributed by atoms with E-state index in [1.54, 1.807) is 6.07 Å². The highest BCUT2D eigenvalue weighted by Gasteiger charge is 2.15. The van der Waals surface area contributed by atoms with Crippen molar-refractivity contribution in [3.05, 3.63) is 24.0 Å². The largest absolute Gasteiger partial charge is 0.476 e. The summed E-state index contributed by atoms with van der Waals surface area (Å²) in [6, 6.07) is 2.58. The monoisotopic (exact) mass is 293 g/mol. The van der Waals surface area contributed by atoms with E-state index in [1.165, 1.54) is 25.1 Å². The first-order valence-electron chi connectivity index (χ1n) is 7.01. The molecule has 2 rings (SSSR count). The lowest BCUT2D eigenvalue weighted by molar-refractivity contribution is 0.0615. The SMILES string of the molecule is O=C(NCCOC1CCCC1)Nc1cccnc1C(=O)O. The van der Waals surface area contributed by atoms with Gasteiger partial charge in [-0.2, -0.15) is 0 Å². The molecular weight excluding hydrogens is 274 g/mol. The Morgan fingerprint density at radius 1 is 1.38 bits per heavy atom. The van der Waals surface area contributed by atoms with E-state index in [9.17, 15) is 9.59 Å². The second-order valence-electron chi connectivity index (χ2n) is 4.86. The van der Waals surface area contributed by atoms with E-state index in [2.05, 4.69) is 15.6 Å². The molecule has 1 fully saturated rings. The number of aromatic nitrogens is 1. The second kappa shape index (κ2) is 7.58. The number of carbonyl (C=O) groups excluding carboxylic acids is 1. The number of urea groups is 1. The van der Waals surface area contributed by atoms with Gasteiger partial charge >= 0.3 is 12.0 Å². The lowest BCUT2D eigenvalue weighted by Gasteiger charge is -2.12. The second-order valence-corrected chi connectivity index (χ2v) is 4.86. The zero-order chi connectivity index (χ0) is 15.1. The van der Waals surface area contributed by atoms with E-state index in [1.807, 2.05) is 0 Å². The molecule has 114 valence electrons. The molecule has 0 atom stereocenters. The summed E-state index contributed by atoms with van der Waals surface area (Å²) in [5, 5.41) is 14.1. The van der Waals surface area contributed by atoms with Crippen LogP contribution < -0.4 is 10.6 Å². The molecule has 2 amide bonds. The van der Waals surface area contributed by atoms with Gasteiger partial charge in [0, 0.05) is 12.7 Å². The average Bonchev–Trinajstić information content (AvgIpc) is 2.97. The first-order chi connectivity index (χ1) is 10.2. The molecule has 1 saturated carbocycles. The van der Waals surface area contributed by atoms with Crippen molar-refractivity contribution in [1.82, 2.24) is 10.3 Å². The molecule has 0 aliphatic heterocycles. The van der Waals surface area contributed by atoms with Gasteiger partial charge < -0.3 is 20.5 Å². The number of ether oxygens (including phenoxy) is 1. The number of hydrogen-bond acceptors (Lipinski definition) is 4. The highest BCUT2D eigenvalue weighted by atomic mass is 16.5. The van der Waals surface area contributed by atoms with Crippen LogP contribution in [0, 0.1) is 0 Å². The summed E-state index contributed by atoms with van der Waals surface area (Å²) in [6.07, 6.45) is 6.26. The minimum absolute atomic E-state index is 0.166. The number of nitrogens with one attached hydrogen (secondary N) is 2. The van der Waals surface area contributed by atoms with Crippen molar-refractivity contribution in [3.63, 3.8) is 0 Å². The maximum Gasteiger partial charge on any atom is 0.356 e. The summed E-state index contributed by atoms with van der Waals surface area (Å²) in [4.78, 5) is 26.4. The number of pyridine rings is 1. The third kappa shape index (κ3) is 4.71. The molecule has 3 N–H and O–H groups in total. The minimum Gasteiger partial charge on any atom is -0.476 e. The number of carbonyl (C=O) groups is 2. The highest BCUT2D eigenvalue weighted by Crippen LogP contribution is 2.20. The standard InChI is InChI=1S/C14H19N3O4/c18-13(19)12-11(6-3-7-15-12)17-14(20)16-8-9-21-10-4-1-2-5-10/h3,6-7,10H,1-2,4-5,8-9H2,(H,18,19)(H2,16,17,20). The van der Waals surface area contributed by atoms with Gasteiger partial charge in [0.2, 0.25) is 0 Å². The molecule has 0 radical (unpaired) electrons. The van der Waals surface area contributed by atoms with Crippen LogP contribution in [-0.2, 0) is 4.74 Å². The van der Waals surface area contributed by atoms with E-state index >= 15 is 0 Å². The third-order valence-corrected chi connectivity index (χ3v) is 3.30. The average molecular weight is 293 g/mol. The van der Waals surface area contributed by atoms with Crippen molar-refractivity contribution >= 4 is 17.7 Å². The molecule has 7 heteroatoms. The maximum atomic E-state index is 11.7. The summed E-state index contributed by atoms with van der Waals surface area (Å²) < 4.78 is 5.62. The number of nitrogens with zero attached hydrogens (tertiary/aromatic N) is 1. The number of aromatic carboxylic acids is 1. The molecule has 1 aromatic rings. The van der Waals surface area contributed by atoms with Crippen LogP contribution in [0.15, 0.2) is 18.3 Å². The van der Waals surface area contributed by atoms with Gasteiger partial charge in [0.15, 0.2) is 5.69 Å². The van der Waals surface area contributed by atoms with E-state index < -0.39 is 12.0 Å². The van der Waals surface area contributed by atoms with Crippen LogP contribution in [0.3, 0.4) is 0 Å². The normalized spacial score (nSPS) is 14.9. The Hall–Kier alpha value is -2.15. The molecule has 0 saturated heterocycles. The van der Waals surface area contributed by atoms with Gasteiger partial charge in [0.05, 0.1) is 18.4 Å². The lowest BCUT2D eigenvalue weighted by Crippen LogP contribution is -2.32. The van der Waals surface area contributed by atoms with Gasteiger partial charge in [-0.05, 0) is 25.0 Å². The lowest BCUT2D eigenvalue weighted by atomic mass is 10.3. The van der Waals surface area contributed by atoms with Crippen LogP contribution in [0.2, 0.25) is 0 Å². The van der Waals surface area contributed by atoms with E-state index in [4.69, 9.17) is 9.84 Å². The first-order valence-corrected chi connectivity index (χ1v) is 7.01. The Labute approximate surface area is 122 Å². The quantitative estimate of drug-likeness (QED) is 0.695. The van der Waals surface area contributed by atoms with Crippen LogP contribution in [-0.4, -0.2) is 41.3 Å². The fourth-order valence-electron chi connectivity index (χ4n) is 2.29. The number of rotatable bonds is 6. The molecule has 7 nitrogen and oxygen atoms in total. The Bertz CT molecular complexity index is 501. The number of amides is 2. The summed E-state index contributed by atoms with van der Waals surface area (Å²) in [7, 11) is 0. The molecule has 21 heavy (non-hydrogen) atoms. The number of carboxylic acid groups (broad SMARTS) is 1. The maximum absolute atomic E-state index is 11.7. The van der Waals surface area contributed by atoms with E-state index in [0.29, 0.717) is 19.3 Å². The van der Waals surface area contributed by atoms with Crippen LogP contribution in [0.1, 0.15) is 36.2 Å². The molecule has 1 aliphatic carbocycles. The smallest absolute Gasteiger partial charge is 0.356 e. The van der Waals surface area contributed by atoms with Crippen LogP contribution >= 0.6 is 0 Å². The highest BCUT2D eigenvalue weighted by molar-refractivity contribution is 5.98. The van der Waals surface area contributed by atoms with Gasteiger partial charge in [0.1, 0.15) is 0 Å². The topological polar surface area (TPSA) is 101 Å². The molecule has 0 spiro atoms. The van der Waals surface area contributed by atoms with Crippen molar-refractivity contribution in [2.24, 2.45) is 0 Å². The third-order valence-electron chi connectivity index (χ3n) is 3.30. The number of anilines is 1. The Kier molecular flexibility index (Phi) is 5.51. The van der Waals surface area contributed by atoms with Crippen LogP contribution in [0.5, 0.6) is 0 Å². The van der Waals surface area contributed by atoms with E-state index in [-0.39, 0.29) is 11.4 Å². The predicted octanol–water partition coefficient (Wildman–Crippen LogP) is 1.86. The molecule has 0 bridgehead atoms. The van der Waals surface area contributed by atoms with Crippen molar-refractivity contribution < 1.29 is 19.4 Å². The van der Waals surface area contributed by atoms with Gasteiger partial charge in [0.25, 0.3) is 0 Å². The van der Waals surface area contributed by atoms with Gasteiger partial charge in [-0.15, -0.1) is 0 Å². The van der Waals surface area contributed by atoms with Crippen LogP contribution in [0.4, 0.5) is 10.5 Å². The number of carboxylic acids is 1. The summed E-state index contributed by atoms with van der Waals surface area (Å²) in [6.45, 7) is 0.835. The molecule has 1 heterocycles. The molecule has 0 unspecified atom stereocenters. The zero-order valence-corrected chi connectivity index (χ0v) is 11.7. The molecule has 1 aromatic heterocycles. The van der Waals surface area contributed by atoms with Gasteiger partial charge in [-0.3, -0.25) is 0 Å². The van der Waals surface area contributed by atoms with Gasteiger partial charge in [-0.25, -0.2) is 14.6 Å². The predicted molar refractivity (Wildman–Crippen MR) is 76.4 cm³/mol. The minimum atomic E-state index is -1.18. The Balaban J connectivity index is 1.73. The van der Waals surface area contributed by atoms with Gasteiger partial charge in [-0.1, -0.05) is 12.8 Å². The van der Waals surface area contributed by atoms with Crippen molar-refractivity contribution in [2.75, 3.05) is 18.5 Å². The fourth-order valence-corrected chi connectivity index (χ4v) is 2.29. The van der Waals surface area contributed by atoms with Crippen LogP contribution in [0.25, 0.3) is 0 Å². The molecular formula is C14H19N3O4. The van der Waals surface area contributed by atoms with Crippen molar-refractivity contribution in [2.45, 2.75) is 31.8 Å². The number of hydrogen-bond donors (Lipinski definition) is 3. The summed E-state index contributed by atoms with van der Waals surface area (Å²) in [5.74, 6) is -1.18. The molecule has 0 aromatic carbocycles. The Morgan fingerprint density at radius 3 is 2.86 bits per heavy atom. The Morgan fingerprint density at radius 2 is 2.14 bits per heavy atom. The zero-order valence-electron chi connectivity index (χ0n) is 11.7.